The minimum Gasteiger partial charge on any atom is -0.497 e. The Labute approximate surface area is 172 Å². The maximum Gasteiger partial charge on any atom is 0.230 e. The Bertz CT molecular complexity index is 1110. The summed E-state index contributed by atoms with van der Waals surface area (Å²) in [6.07, 6.45) is 1.42. The van der Waals surface area contributed by atoms with Crippen LogP contribution in [0.5, 0.6) is 5.75 Å². The summed E-state index contributed by atoms with van der Waals surface area (Å²) in [5.41, 5.74) is 1.42. The maximum atomic E-state index is 12.7. The molecule has 0 N–H and O–H groups in total. The van der Waals surface area contributed by atoms with Gasteiger partial charge in [0.25, 0.3) is 0 Å². The van der Waals surface area contributed by atoms with Crippen LogP contribution in [-0.2, 0) is 4.79 Å². The lowest BCUT2D eigenvalue weighted by molar-refractivity contribution is -0.115. The van der Waals surface area contributed by atoms with Crippen molar-refractivity contribution in [3.63, 3.8) is 0 Å². The van der Waals surface area contributed by atoms with E-state index < -0.39 is 5.78 Å². The zero-order valence-electron chi connectivity index (χ0n) is 15.8. The Kier molecular flexibility index (Phi) is 6.17. The second-order valence-corrected chi connectivity index (χ2v) is 6.81. The van der Waals surface area contributed by atoms with Gasteiger partial charge >= 0.3 is 0 Å². The van der Waals surface area contributed by atoms with Gasteiger partial charge in [-0.3, -0.25) is 14.5 Å². The lowest BCUT2D eigenvalue weighted by Gasteiger charge is -2.17. The minimum absolute atomic E-state index is 0.0517. The number of para-hydroxylation sites is 1. The van der Waals surface area contributed by atoms with Crippen molar-refractivity contribution in [2.45, 2.75) is 6.92 Å². The van der Waals surface area contributed by atoms with Gasteiger partial charge in [0.1, 0.15) is 17.4 Å². The standard InChI is InChI=1S/C22H17N3O3S/c1-15(26)25(19-8-4-3-5-9-19)22-24-18(14-29-22)11-17(13-23)21(27)16-7-6-10-20(12-16)28-2/h3-12,14H,1-2H3/b17-11+. The number of Topliss-reactive ketones (excluding diaryl/α,β-unsaturated/α-hetero) is 1. The van der Waals surface area contributed by atoms with Gasteiger partial charge in [-0.1, -0.05) is 30.3 Å². The van der Waals surface area contributed by atoms with Gasteiger partial charge in [0.15, 0.2) is 5.13 Å². The van der Waals surface area contributed by atoms with Crippen molar-refractivity contribution in [2.75, 3.05) is 12.0 Å². The number of ketones is 1. The zero-order chi connectivity index (χ0) is 20.8. The fourth-order valence-electron chi connectivity index (χ4n) is 2.67. The second-order valence-electron chi connectivity index (χ2n) is 5.98. The lowest BCUT2D eigenvalue weighted by atomic mass is 10.0. The van der Waals surface area contributed by atoms with Crippen LogP contribution in [0.25, 0.3) is 6.08 Å². The molecule has 7 heteroatoms. The molecule has 0 saturated heterocycles. The summed E-state index contributed by atoms with van der Waals surface area (Å²) in [6, 6.07) is 17.7. The van der Waals surface area contributed by atoms with Gasteiger partial charge in [-0.05, 0) is 30.3 Å². The van der Waals surface area contributed by atoms with E-state index in [1.54, 1.807) is 29.6 Å². The monoisotopic (exact) mass is 403 g/mol. The van der Waals surface area contributed by atoms with Crippen LogP contribution in [0.3, 0.4) is 0 Å². The van der Waals surface area contributed by atoms with Gasteiger partial charge in [0, 0.05) is 17.9 Å². The number of allylic oxidation sites excluding steroid dienone is 1. The Morgan fingerprint density at radius 1 is 1.17 bits per heavy atom. The number of hydrogen-bond acceptors (Lipinski definition) is 6. The molecule has 1 heterocycles. The number of thiazole rings is 1. The molecular formula is C22H17N3O3S. The molecule has 3 rings (SSSR count). The zero-order valence-corrected chi connectivity index (χ0v) is 16.6. The molecule has 2 aromatic carbocycles. The van der Waals surface area contributed by atoms with Crippen LogP contribution < -0.4 is 9.64 Å². The first-order chi connectivity index (χ1) is 14.0. The number of rotatable bonds is 6. The van der Waals surface area contributed by atoms with Crippen molar-refractivity contribution >= 4 is 39.9 Å². The van der Waals surface area contributed by atoms with Gasteiger partial charge in [0.2, 0.25) is 11.7 Å². The highest BCUT2D eigenvalue weighted by Gasteiger charge is 2.18. The van der Waals surface area contributed by atoms with Gasteiger partial charge in [-0.2, -0.15) is 5.26 Å². The molecule has 0 unspecified atom stereocenters. The average Bonchev–Trinajstić information content (AvgIpc) is 3.20. The molecule has 0 fully saturated rings. The molecule has 1 amide bonds. The van der Waals surface area contributed by atoms with E-state index in [1.807, 2.05) is 36.4 Å². The summed E-state index contributed by atoms with van der Waals surface area (Å²) in [4.78, 5) is 30.7. The molecule has 0 spiro atoms. The summed E-state index contributed by atoms with van der Waals surface area (Å²) in [7, 11) is 1.51. The van der Waals surface area contributed by atoms with E-state index in [4.69, 9.17) is 4.74 Å². The van der Waals surface area contributed by atoms with Crippen molar-refractivity contribution in [3.8, 4) is 11.8 Å². The Balaban J connectivity index is 1.92. The number of nitriles is 1. The quantitative estimate of drug-likeness (QED) is 0.340. The van der Waals surface area contributed by atoms with Crippen LogP contribution in [0.4, 0.5) is 10.8 Å². The molecule has 144 valence electrons. The second kappa shape index (κ2) is 8.95. The molecule has 0 aliphatic heterocycles. The van der Waals surface area contributed by atoms with E-state index in [0.717, 1.165) is 0 Å². The molecule has 1 aromatic heterocycles. The molecule has 3 aromatic rings. The number of carbonyl (C=O) groups is 2. The average molecular weight is 403 g/mol. The molecule has 29 heavy (non-hydrogen) atoms. The molecular weight excluding hydrogens is 386 g/mol. The smallest absolute Gasteiger partial charge is 0.230 e. The third-order valence-corrected chi connectivity index (χ3v) is 4.86. The number of anilines is 2. The molecule has 0 saturated carbocycles. The predicted octanol–water partition coefficient (Wildman–Crippen LogP) is 4.63. The van der Waals surface area contributed by atoms with Crippen LogP contribution in [-0.4, -0.2) is 23.8 Å². The summed E-state index contributed by atoms with van der Waals surface area (Å²) in [5.74, 6) is -0.0782. The normalized spacial score (nSPS) is 10.9. The first kappa shape index (κ1) is 20.0. The third-order valence-electron chi connectivity index (χ3n) is 4.02. The van der Waals surface area contributed by atoms with Gasteiger partial charge in [-0.15, -0.1) is 11.3 Å². The Hall–Kier alpha value is -3.76. The largest absolute Gasteiger partial charge is 0.497 e. The van der Waals surface area contributed by atoms with Crippen molar-refractivity contribution in [1.29, 1.82) is 5.26 Å². The molecule has 0 bridgehead atoms. The van der Waals surface area contributed by atoms with Crippen LogP contribution in [0.2, 0.25) is 0 Å². The van der Waals surface area contributed by atoms with Gasteiger partial charge in [0.05, 0.1) is 18.5 Å². The van der Waals surface area contributed by atoms with Gasteiger partial charge < -0.3 is 4.74 Å². The topological polar surface area (TPSA) is 83.3 Å². The van der Waals surface area contributed by atoms with Crippen molar-refractivity contribution in [3.05, 3.63) is 76.8 Å². The summed E-state index contributed by atoms with van der Waals surface area (Å²) < 4.78 is 5.13. The number of ether oxygens (including phenoxy) is 1. The molecule has 0 atom stereocenters. The Morgan fingerprint density at radius 3 is 2.59 bits per heavy atom. The number of nitrogens with zero attached hydrogens (tertiary/aromatic N) is 3. The number of aromatic nitrogens is 1. The van der Waals surface area contributed by atoms with Crippen LogP contribution >= 0.6 is 11.3 Å². The van der Waals surface area contributed by atoms with Crippen LogP contribution in [0.15, 0.2) is 65.6 Å². The third kappa shape index (κ3) is 4.57. The van der Waals surface area contributed by atoms with E-state index >= 15 is 0 Å². The SMILES string of the molecule is COc1cccc(C(=O)/C(C#N)=C/c2csc(N(C(C)=O)c3ccccc3)n2)c1. The van der Waals surface area contributed by atoms with Crippen LogP contribution in [0, 0.1) is 11.3 Å². The van der Waals surface area contributed by atoms with E-state index in [0.29, 0.717) is 27.8 Å². The summed E-state index contributed by atoms with van der Waals surface area (Å²) in [5, 5.41) is 11.6. The number of methoxy groups -OCH3 is 1. The Morgan fingerprint density at radius 2 is 1.93 bits per heavy atom. The maximum absolute atomic E-state index is 12.7. The van der Waals surface area contributed by atoms with E-state index in [-0.39, 0.29) is 11.5 Å². The molecule has 0 radical (unpaired) electrons. The highest BCUT2D eigenvalue weighted by atomic mass is 32.1. The molecule has 0 aliphatic rings. The highest BCUT2D eigenvalue weighted by Crippen LogP contribution is 2.29. The van der Waals surface area contributed by atoms with E-state index in [9.17, 15) is 14.9 Å². The van der Waals surface area contributed by atoms with Crippen molar-refractivity contribution in [2.24, 2.45) is 0 Å². The lowest BCUT2D eigenvalue weighted by Crippen LogP contribution is -2.22. The fraction of sp³-hybridized carbons (Fsp3) is 0.0909. The predicted molar refractivity (Wildman–Crippen MR) is 112 cm³/mol. The van der Waals surface area contributed by atoms with E-state index in [2.05, 4.69) is 4.98 Å². The van der Waals surface area contributed by atoms with Gasteiger partial charge in [-0.25, -0.2) is 4.98 Å². The minimum atomic E-state index is -0.424. The number of hydrogen-bond donors (Lipinski definition) is 0. The summed E-state index contributed by atoms with van der Waals surface area (Å²) >= 11 is 1.26. The van der Waals surface area contributed by atoms with E-state index in [1.165, 1.54) is 36.3 Å². The summed E-state index contributed by atoms with van der Waals surface area (Å²) in [6.45, 7) is 1.46. The first-order valence-corrected chi connectivity index (χ1v) is 9.53. The first-order valence-electron chi connectivity index (χ1n) is 8.65. The molecule has 6 nitrogen and oxygen atoms in total. The highest BCUT2D eigenvalue weighted by molar-refractivity contribution is 7.14. The fourth-order valence-corrected chi connectivity index (χ4v) is 3.51. The molecule has 0 aliphatic carbocycles. The van der Waals surface area contributed by atoms with Crippen molar-refractivity contribution < 1.29 is 14.3 Å². The number of carbonyl (C=O) groups excluding carboxylic acids is 2. The van der Waals surface area contributed by atoms with Crippen LogP contribution in [0.1, 0.15) is 23.0 Å². The number of benzene rings is 2. The number of amides is 1. The van der Waals surface area contributed by atoms with Crippen molar-refractivity contribution in [1.82, 2.24) is 4.98 Å².